The highest BCUT2D eigenvalue weighted by Gasteiger charge is 2.23. The second kappa shape index (κ2) is 8.48. The third-order valence-corrected chi connectivity index (χ3v) is 2.39. The van der Waals surface area contributed by atoms with E-state index in [1.54, 1.807) is 0 Å². The second-order valence-electron chi connectivity index (χ2n) is 4.60. The van der Waals surface area contributed by atoms with Gasteiger partial charge >= 0.3 is 5.97 Å². The zero-order valence-corrected chi connectivity index (χ0v) is 10.7. The van der Waals surface area contributed by atoms with Crippen LogP contribution in [0.15, 0.2) is 0 Å². The zero-order valence-electron chi connectivity index (χ0n) is 10.7. The summed E-state index contributed by atoms with van der Waals surface area (Å²) in [6.07, 6.45) is -0.0791. The first-order valence-electron chi connectivity index (χ1n) is 5.96. The third-order valence-electron chi connectivity index (χ3n) is 2.39. The molecule has 0 bridgehead atoms. The van der Waals surface area contributed by atoms with Gasteiger partial charge in [0.05, 0.1) is 6.07 Å². The van der Waals surface area contributed by atoms with Crippen molar-refractivity contribution in [1.29, 1.82) is 5.26 Å². The SMILES string of the molecule is CC(C)C[C@@H](O)C(=O)N[C@H](CCCC#N)C(=O)O. The summed E-state index contributed by atoms with van der Waals surface area (Å²) in [5.41, 5.74) is 0. The number of carboxylic acids is 1. The number of rotatable bonds is 8. The Balaban J connectivity index is 4.27. The molecule has 3 N–H and O–H groups in total. The number of hydrogen-bond donors (Lipinski definition) is 3. The number of carbonyl (C=O) groups excluding carboxylic acids is 1. The second-order valence-corrected chi connectivity index (χ2v) is 4.60. The standard InChI is InChI=1S/C12H20N2O4/c1-8(2)7-10(15)11(16)14-9(12(17)18)5-3-4-6-13/h8-10,15H,3-5,7H2,1-2H3,(H,14,16)(H,17,18)/t9-,10-/m1/s1. The van der Waals surface area contributed by atoms with Gasteiger partial charge in [-0.2, -0.15) is 5.26 Å². The van der Waals surface area contributed by atoms with Crippen LogP contribution in [-0.4, -0.2) is 34.2 Å². The Morgan fingerprint density at radius 1 is 1.39 bits per heavy atom. The Kier molecular flexibility index (Phi) is 7.72. The van der Waals surface area contributed by atoms with E-state index in [1.807, 2.05) is 19.9 Å². The maximum atomic E-state index is 11.5. The molecule has 0 aromatic heterocycles. The van der Waals surface area contributed by atoms with Crippen LogP contribution in [0.2, 0.25) is 0 Å². The molecule has 6 nitrogen and oxygen atoms in total. The minimum Gasteiger partial charge on any atom is -0.480 e. The van der Waals surface area contributed by atoms with Crippen LogP contribution in [0, 0.1) is 17.2 Å². The predicted molar refractivity (Wildman–Crippen MR) is 64.5 cm³/mol. The van der Waals surface area contributed by atoms with Gasteiger partial charge in [0.25, 0.3) is 0 Å². The highest BCUT2D eigenvalue weighted by atomic mass is 16.4. The van der Waals surface area contributed by atoms with Crippen molar-refractivity contribution >= 4 is 11.9 Å². The van der Waals surface area contributed by atoms with E-state index in [0.717, 1.165) is 0 Å². The average molecular weight is 256 g/mol. The van der Waals surface area contributed by atoms with E-state index in [4.69, 9.17) is 10.4 Å². The topological polar surface area (TPSA) is 110 Å². The first kappa shape index (κ1) is 16.4. The quantitative estimate of drug-likeness (QED) is 0.552. The Morgan fingerprint density at radius 2 is 2.00 bits per heavy atom. The number of nitrogens with zero attached hydrogens (tertiary/aromatic N) is 1. The Labute approximate surface area is 107 Å². The van der Waals surface area contributed by atoms with Crippen LogP contribution < -0.4 is 5.32 Å². The van der Waals surface area contributed by atoms with E-state index in [2.05, 4.69) is 5.32 Å². The van der Waals surface area contributed by atoms with Crippen LogP contribution in [0.5, 0.6) is 0 Å². The van der Waals surface area contributed by atoms with Crippen molar-refractivity contribution in [3.8, 4) is 6.07 Å². The molecule has 102 valence electrons. The van der Waals surface area contributed by atoms with Crippen molar-refractivity contribution in [2.24, 2.45) is 5.92 Å². The van der Waals surface area contributed by atoms with E-state index >= 15 is 0 Å². The summed E-state index contributed by atoms with van der Waals surface area (Å²) in [4.78, 5) is 22.4. The third kappa shape index (κ3) is 6.86. The van der Waals surface area contributed by atoms with Crippen molar-refractivity contribution in [1.82, 2.24) is 5.32 Å². The van der Waals surface area contributed by atoms with Crippen molar-refractivity contribution < 1.29 is 19.8 Å². The van der Waals surface area contributed by atoms with Gasteiger partial charge in [0.15, 0.2) is 0 Å². The number of carboxylic acid groups (broad SMARTS) is 1. The van der Waals surface area contributed by atoms with Gasteiger partial charge in [-0.1, -0.05) is 13.8 Å². The van der Waals surface area contributed by atoms with Crippen LogP contribution in [0.1, 0.15) is 39.5 Å². The van der Waals surface area contributed by atoms with Crippen molar-refractivity contribution in [3.63, 3.8) is 0 Å². The molecule has 2 atom stereocenters. The number of aliphatic hydroxyl groups excluding tert-OH is 1. The summed E-state index contributed by atoms with van der Waals surface area (Å²) in [5.74, 6) is -1.68. The van der Waals surface area contributed by atoms with Gasteiger partial charge in [-0.3, -0.25) is 4.79 Å². The highest BCUT2D eigenvalue weighted by Crippen LogP contribution is 2.06. The summed E-state index contributed by atoms with van der Waals surface area (Å²) in [7, 11) is 0. The molecule has 0 aromatic rings. The fourth-order valence-electron chi connectivity index (χ4n) is 1.46. The highest BCUT2D eigenvalue weighted by molar-refractivity contribution is 5.86. The number of nitriles is 1. The molecule has 0 fully saturated rings. The Bertz CT molecular complexity index is 323. The smallest absolute Gasteiger partial charge is 0.326 e. The molecule has 0 spiro atoms. The normalized spacial score (nSPS) is 13.7. The molecular formula is C12H20N2O4. The molecular weight excluding hydrogens is 236 g/mol. The molecule has 0 unspecified atom stereocenters. The zero-order chi connectivity index (χ0) is 14.1. The Morgan fingerprint density at radius 3 is 2.44 bits per heavy atom. The van der Waals surface area contributed by atoms with Crippen LogP contribution >= 0.6 is 0 Å². The van der Waals surface area contributed by atoms with Gasteiger partial charge in [0.1, 0.15) is 12.1 Å². The summed E-state index contributed by atoms with van der Waals surface area (Å²) < 4.78 is 0. The van der Waals surface area contributed by atoms with Crippen LogP contribution in [0.4, 0.5) is 0 Å². The molecule has 6 heteroatoms. The van der Waals surface area contributed by atoms with E-state index in [9.17, 15) is 14.7 Å². The van der Waals surface area contributed by atoms with Gasteiger partial charge in [0.2, 0.25) is 5.91 Å². The van der Waals surface area contributed by atoms with E-state index < -0.39 is 24.0 Å². The molecule has 0 saturated heterocycles. The van der Waals surface area contributed by atoms with Gasteiger partial charge in [0, 0.05) is 6.42 Å². The number of carbonyl (C=O) groups is 2. The molecule has 0 aliphatic carbocycles. The fourth-order valence-corrected chi connectivity index (χ4v) is 1.46. The monoisotopic (exact) mass is 256 g/mol. The van der Waals surface area contributed by atoms with Crippen molar-refractivity contribution in [3.05, 3.63) is 0 Å². The molecule has 0 aromatic carbocycles. The molecule has 0 rings (SSSR count). The summed E-state index contributed by atoms with van der Waals surface area (Å²) in [6.45, 7) is 3.72. The molecule has 18 heavy (non-hydrogen) atoms. The van der Waals surface area contributed by atoms with Crippen LogP contribution in [0.3, 0.4) is 0 Å². The first-order valence-corrected chi connectivity index (χ1v) is 5.96. The maximum Gasteiger partial charge on any atom is 0.326 e. The average Bonchev–Trinajstić information content (AvgIpc) is 2.26. The summed E-state index contributed by atoms with van der Waals surface area (Å²) in [5, 5.41) is 29.1. The fraction of sp³-hybridized carbons (Fsp3) is 0.750. The molecule has 0 aliphatic rings. The van der Waals surface area contributed by atoms with Crippen molar-refractivity contribution in [2.45, 2.75) is 51.7 Å². The maximum absolute atomic E-state index is 11.5. The van der Waals surface area contributed by atoms with Crippen LogP contribution in [-0.2, 0) is 9.59 Å². The predicted octanol–water partition coefficient (Wildman–Crippen LogP) is 0.657. The molecule has 0 aliphatic heterocycles. The number of unbranched alkanes of at least 4 members (excludes halogenated alkanes) is 1. The van der Waals surface area contributed by atoms with Gasteiger partial charge in [-0.15, -0.1) is 0 Å². The van der Waals surface area contributed by atoms with Gasteiger partial charge in [-0.05, 0) is 25.2 Å². The molecule has 0 saturated carbocycles. The Hall–Kier alpha value is -1.61. The summed E-state index contributed by atoms with van der Waals surface area (Å²) >= 11 is 0. The number of amides is 1. The summed E-state index contributed by atoms with van der Waals surface area (Å²) in [6, 6.07) is 0.861. The minimum absolute atomic E-state index is 0.146. The lowest BCUT2D eigenvalue weighted by atomic mass is 10.0. The molecule has 0 heterocycles. The first-order chi connectivity index (χ1) is 8.38. The van der Waals surface area contributed by atoms with Crippen molar-refractivity contribution in [2.75, 3.05) is 0 Å². The number of hydrogen-bond acceptors (Lipinski definition) is 4. The van der Waals surface area contributed by atoms with Gasteiger partial charge < -0.3 is 15.5 Å². The lowest BCUT2D eigenvalue weighted by Crippen LogP contribution is -2.45. The largest absolute Gasteiger partial charge is 0.480 e. The van der Waals surface area contributed by atoms with E-state index in [1.165, 1.54) is 0 Å². The lowest BCUT2D eigenvalue weighted by molar-refractivity contribution is -0.143. The van der Waals surface area contributed by atoms with Gasteiger partial charge in [-0.25, -0.2) is 4.79 Å². The lowest BCUT2D eigenvalue weighted by Gasteiger charge is -2.17. The van der Waals surface area contributed by atoms with E-state index in [-0.39, 0.29) is 25.2 Å². The number of aliphatic hydroxyl groups is 1. The molecule has 0 radical (unpaired) electrons. The minimum atomic E-state index is -1.19. The molecule has 1 amide bonds. The number of aliphatic carboxylic acids is 1. The number of nitrogens with one attached hydrogen (secondary N) is 1. The van der Waals surface area contributed by atoms with E-state index in [0.29, 0.717) is 6.42 Å². The van der Waals surface area contributed by atoms with Crippen LogP contribution in [0.25, 0.3) is 0 Å².